The second-order valence-electron chi connectivity index (χ2n) is 6.33. The van der Waals surface area contributed by atoms with Crippen molar-refractivity contribution in [2.24, 2.45) is 0 Å². The van der Waals surface area contributed by atoms with E-state index in [-0.39, 0.29) is 0 Å². The highest BCUT2D eigenvalue weighted by Crippen LogP contribution is 2.33. The Kier molecular flexibility index (Phi) is 7.64. The number of rotatable bonds is 10. The minimum atomic E-state index is 0.716. The van der Waals surface area contributed by atoms with Crippen molar-refractivity contribution in [1.82, 2.24) is 9.27 Å². The molecule has 0 N–H and O–H groups in total. The number of benzene rings is 2. The Morgan fingerprint density at radius 2 is 1.89 bits per heavy atom. The molecule has 0 aliphatic carbocycles. The molecule has 0 spiro atoms. The molecule has 0 atom stereocenters. The number of halogens is 1. The predicted molar refractivity (Wildman–Crippen MR) is 117 cm³/mol. The first-order chi connectivity index (χ1) is 13.2. The fourth-order valence-corrected chi connectivity index (χ4v) is 4.04. The van der Waals surface area contributed by atoms with E-state index in [0.717, 1.165) is 58.8 Å². The van der Waals surface area contributed by atoms with E-state index in [9.17, 15) is 0 Å². The summed E-state index contributed by atoms with van der Waals surface area (Å²) < 4.78 is 18.0. The van der Waals surface area contributed by atoms with Crippen molar-refractivity contribution in [2.45, 2.75) is 13.3 Å². The smallest absolute Gasteiger partial charge is 0.120 e. The number of aromatic nitrogens is 1. The lowest BCUT2D eigenvalue weighted by atomic mass is 10.1. The van der Waals surface area contributed by atoms with Crippen molar-refractivity contribution < 1.29 is 9.47 Å². The second kappa shape index (κ2) is 10.2. The first kappa shape index (κ1) is 20.3. The van der Waals surface area contributed by atoms with Gasteiger partial charge in [0.05, 0.1) is 23.6 Å². The zero-order valence-electron chi connectivity index (χ0n) is 15.8. The van der Waals surface area contributed by atoms with Crippen LogP contribution in [0.1, 0.15) is 13.3 Å². The van der Waals surface area contributed by atoms with Crippen LogP contribution in [-0.4, -0.2) is 49.2 Å². The summed E-state index contributed by atoms with van der Waals surface area (Å²) in [6.07, 6.45) is 1.00. The van der Waals surface area contributed by atoms with Crippen LogP contribution >= 0.6 is 27.5 Å². The average Bonchev–Trinajstić information content (AvgIpc) is 3.11. The van der Waals surface area contributed by atoms with Gasteiger partial charge in [0.15, 0.2) is 0 Å². The summed E-state index contributed by atoms with van der Waals surface area (Å²) in [6, 6.07) is 14.5. The van der Waals surface area contributed by atoms with Crippen LogP contribution in [0.25, 0.3) is 21.3 Å². The maximum absolute atomic E-state index is 5.96. The third-order valence-electron chi connectivity index (χ3n) is 4.51. The maximum Gasteiger partial charge on any atom is 0.120 e. The highest BCUT2D eigenvalue weighted by molar-refractivity contribution is 9.10. The van der Waals surface area contributed by atoms with E-state index in [1.54, 1.807) is 7.11 Å². The van der Waals surface area contributed by atoms with Crippen molar-refractivity contribution in [3.63, 3.8) is 0 Å². The molecule has 0 amide bonds. The molecule has 0 radical (unpaired) electrons. The number of hydrogen-bond donors (Lipinski definition) is 0. The highest BCUT2D eigenvalue weighted by atomic mass is 79.9. The summed E-state index contributed by atoms with van der Waals surface area (Å²) in [7, 11) is 1.74. The molecular formula is C21H25BrN2O2S. The van der Waals surface area contributed by atoms with E-state index in [1.165, 1.54) is 16.9 Å². The first-order valence-corrected chi connectivity index (χ1v) is 10.8. The van der Waals surface area contributed by atoms with Crippen LogP contribution in [0, 0.1) is 0 Å². The summed E-state index contributed by atoms with van der Waals surface area (Å²) >= 11 is 5.00. The van der Waals surface area contributed by atoms with Crippen LogP contribution in [0.15, 0.2) is 46.9 Å². The minimum Gasteiger partial charge on any atom is -0.493 e. The third-order valence-corrected chi connectivity index (χ3v) is 5.84. The molecule has 0 fully saturated rings. The predicted octanol–water partition coefficient (Wildman–Crippen LogP) is 5.46. The molecule has 27 heavy (non-hydrogen) atoms. The Bertz CT molecular complexity index is 851. The van der Waals surface area contributed by atoms with Crippen LogP contribution in [0.4, 0.5) is 0 Å². The van der Waals surface area contributed by atoms with Gasteiger partial charge in [-0.05, 0) is 54.8 Å². The van der Waals surface area contributed by atoms with Crippen molar-refractivity contribution in [3.8, 4) is 17.0 Å². The van der Waals surface area contributed by atoms with Gasteiger partial charge in [-0.3, -0.25) is 0 Å². The van der Waals surface area contributed by atoms with Gasteiger partial charge in [-0.25, -0.2) is 0 Å². The van der Waals surface area contributed by atoms with Gasteiger partial charge in [0.25, 0.3) is 0 Å². The molecule has 2 aromatic carbocycles. The average molecular weight is 449 g/mol. The van der Waals surface area contributed by atoms with E-state index < -0.39 is 0 Å². The zero-order valence-corrected chi connectivity index (χ0v) is 18.2. The summed E-state index contributed by atoms with van der Waals surface area (Å²) in [4.78, 5) is 2.38. The van der Waals surface area contributed by atoms with Gasteiger partial charge >= 0.3 is 0 Å². The SMILES string of the molecule is CCN(CCCOc1ccc2c(-c3ccc(Br)cc3)nsc2c1)CCOC. The van der Waals surface area contributed by atoms with Gasteiger partial charge in [0, 0.05) is 35.6 Å². The quantitative estimate of drug-likeness (QED) is 0.385. The number of likely N-dealkylation sites (N-methyl/N-ethyl adjacent to an activating group) is 1. The zero-order chi connectivity index (χ0) is 19.1. The van der Waals surface area contributed by atoms with E-state index >= 15 is 0 Å². The van der Waals surface area contributed by atoms with Crippen molar-refractivity contribution in [3.05, 3.63) is 46.9 Å². The fourth-order valence-electron chi connectivity index (χ4n) is 2.95. The highest BCUT2D eigenvalue weighted by Gasteiger charge is 2.10. The molecule has 0 saturated carbocycles. The third kappa shape index (κ3) is 5.51. The lowest BCUT2D eigenvalue weighted by molar-refractivity contribution is 0.146. The van der Waals surface area contributed by atoms with Crippen molar-refractivity contribution in [2.75, 3.05) is 40.0 Å². The van der Waals surface area contributed by atoms with Gasteiger partial charge in [0.1, 0.15) is 5.75 Å². The maximum atomic E-state index is 5.96. The van der Waals surface area contributed by atoms with E-state index in [4.69, 9.17) is 9.47 Å². The van der Waals surface area contributed by atoms with E-state index in [0.29, 0.717) is 6.61 Å². The van der Waals surface area contributed by atoms with Gasteiger partial charge < -0.3 is 14.4 Å². The monoisotopic (exact) mass is 448 g/mol. The second-order valence-corrected chi connectivity index (χ2v) is 8.05. The standard InChI is InChI=1S/C21H25BrN2O2S/c1-3-24(12-14-25-2)11-4-13-26-18-9-10-19-20(15-18)27-23-21(19)16-5-7-17(22)8-6-16/h5-10,15H,3-4,11-14H2,1-2H3. The molecule has 0 aliphatic rings. The summed E-state index contributed by atoms with van der Waals surface area (Å²) in [5.74, 6) is 0.911. The number of fused-ring (bicyclic) bond motifs is 1. The molecule has 0 aliphatic heterocycles. The van der Waals surface area contributed by atoms with Crippen LogP contribution < -0.4 is 4.74 Å². The fraction of sp³-hybridized carbons (Fsp3) is 0.381. The number of hydrogen-bond acceptors (Lipinski definition) is 5. The lowest BCUT2D eigenvalue weighted by Crippen LogP contribution is -2.29. The molecule has 6 heteroatoms. The molecule has 0 unspecified atom stereocenters. The number of nitrogens with zero attached hydrogens (tertiary/aromatic N) is 2. The molecule has 3 rings (SSSR count). The normalized spacial score (nSPS) is 11.4. The molecule has 1 aromatic heterocycles. The Hall–Kier alpha value is -1.47. The van der Waals surface area contributed by atoms with Crippen LogP contribution in [-0.2, 0) is 4.74 Å². The summed E-state index contributed by atoms with van der Waals surface area (Å²) in [5, 5.41) is 1.17. The Morgan fingerprint density at radius 3 is 2.63 bits per heavy atom. The largest absolute Gasteiger partial charge is 0.493 e. The number of ether oxygens (including phenoxy) is 2. The van der Waals surface area contributed by atoms with Gasteiger partial charge in [-0.2, -0.15) is 4.37 Å². The summed E-state index contributed by atoms with van der Waals surface area (Å²) in [5.41, 5.74) is 2.17. The number of methoxy groups -OCH3 is 1. The van der Waals surface area contributed by atoms with Gasteiger partial charge in [0.2, 0.25) is 0 Å². The van der Waals surface area contributed by atoms with Gasteiger partial charge in [-0.15, -0.1) is 0 Å². The van der Waals surface area contributed by atoms with Crippen LogP contribution in [0.2, 0.25) is 0 Å². The Balaban J connectivity index is 1.58. The minimum absolute atomic E-state index is 0.716. The van der Waals surface area contributed by atoms with Crippen LogP contribution in [0.3, 0.4) is 0 Å². The van der Waals surface area contributed by atoms with Gasteiger partial charge in [-0.1, -0.05) is 35.0 Å². The first-order valence-electron chi connectivity index (χ1n) is 9.20. The van der Waals surface area contributed by atoms with Crippen molar-refractivity contribution in [1.29, 1.82) is 0 Å². The molecule has 0 bridgehead atoms. The van der Waals surface area contributed by atoms with Crippen molar-refractivity contribution >= 4 is 37.5 Å². The Labute approximate surface area is 173 Å². The molecular weight excluding hydrogens is 424 g/mol. The topological polar surface area (TPSA) is 34.6 Å². The Morgan fingerprint density at radius 1 is 1.07 bits per heavy atom. The molecule has 1 heterocycles. The van der Waals surface area contributed by atoms with E-state index in [1.807, 2.05) is 18.2 Å². The molecule has 3 aromatic rings. The lowest BCUT2D eigenvalue weighted by Gasteiger charge is -2.19. The molecule has 4 nitrogen and oxygen atoms in total. The van der Waals surface area contributed by atoms with Crippen LogP contribution in [0.5, 0.6) is 5.75 Å². The molecule has 144 valence electrons. The van der Waals surface area contributed by atoms with E-state index in [2.05, 4.69) is 56.4 Å². The molecule has 0 saturated heterocycles. The summed E-state index contributed by atoms with van der Waals surface area (Å²) in [6.45, 7) is 6.70.